The van der Waals surface area contributed by atoms with Crippen LogP contribution in [0.1, 0.15) is 31.2 Å². The summed E-state index contributed by atoms with van der Waals surface area (Å²) in [6, 6.07) is 2.07. The Hall–Kier alpha value is -1.27. The van der Waals surface area contributed by atoms with E-state index in [-0.39, 0.29) is 6.10 Å². The van der Waals surface area contributed by atoms with Crippen molar-refractivity contribution in [2.45, 2.75) is 37.8 Å². The topological polar surface area (TPSA) is 84.1 Å². The van der Waals surface area contributed by atoms with Crippen molar-refractivity contribution in [1.82, 2.24) is 10.2 Å². The van der Waals surface area contributed by atoms with Crippen molar-refractivity contribution in [3.05, 3.63) is 17.8 Å². The van der Waals surface area contributed by atoms with Crippen LogP contribution in [0.5, 0.6) is 0 Å². The molecule has 1 heterocycles. The number of nitrogens with zero attached hydrogens (tertiary/aromatic N) is 2. The summed E-state index contributed by atoms with van der Waals surface area (Å²) in [6.07, 6.45) is 4.90. The average Bonchev–Trinajstić information content (AvgIpc) is 2.32. The van der Waals surface area contributed by atoms with Gasteiger partial charge < -0.3 is 16.2 Å². The van der Waals surface area contributed by atoms with Gasteiger partial charge in [0.05, 0.1) is 17.9 Å². The number of nitrogens with two attached hydrogens (primary N) is 1. The first kappa shape index (κ1) is 12.2. The van der Waals surface area contributed by atoms with E-state index < -0.39 is 0 Å². The zero-order valence-electron chi connectivity index (χ0n) is 9.47. The SMILES string of the molecule is NC(=S)c1ccnnc1NC1CCC(O)CC1. The van der Waals surface area contributed by atoms with Crippen molar-refractivity contribution >= 4 is 23.0 Å². The molecule has 0 bridgehead atoms. The van der Waals surface area contributed by atoms with Gasteiger partial charge in [-0.25, -0.2) is 0 Å². The molecule has 1 fully saturated rings. The maximum Gasteiger partial charge on any atom is 0.159 e. The second kappa shape index (κ2) is 5.37. The Labute approximate surface area is 105 Å². The number of hydrogen-bond donors (Lipinski definition) is 3. The van der Waals surface area contributed by atoms with E-state index in [1.807, 2.05) is 0 Å². The highest BCUT2D eigenvalue weighted by molar-refractivity contribution is 7.80. The summed E-state index contributed by atoms with van der Waals surface area (Å²) in [6.45, 7) is 0. The fourth-order valence-electron chi connectivity index (χ4n) is 2.05. The van der Waals surface area contributed by atoms with Crippen LogP contribution in [0.2, 0.25) is 0 Å². The zero-order chi connectivity index (χ0) is 12.3. The van der Waals surface area contributed by atoms with E-state index in [1.165, 1.54) is 0 Å². The van der Waals surface area contributed by atoms with Crippen molar-refractivity contribution in [1.29, 1.82) is 0 Å². The van der Waals surface area contributed by atoms with Crippen LogP contribution in [0, 0.1) is 0 Å². The smallest absolute Gasteiger partial charge is 0.159 e. The van der Waals surface area contributed by atoms with Crippen molar-refractivity contribution in [2.75, 3.05) is 5.32 Å². The minimum atomic E-state index is -0.162. The summed E-state index contributed by atoms with van der Waals surface area (Å²) in [4.78, 5) is 0.318. The molecule has 0 saturated heterocycles. The second-order valence-electron chi connectivity index (χ2n) is 4.31. The van der Waals surface area contributed by atoms with Crippen LogP contribution in [0.25, 0.3) is 0 Å². The Bertz CT molecular complexity index is 404. The van der Waals surface area contributed by atoms with Gasteiger partial charge >= 0.3 is 0 Å². The van der Waals surface area contributed by atoms with E-state index >= 15 is 0 Å². The number of anilines is 1. The summed E-state index contributed by atoms with van der Waals surface area (Å²) < 4.78 is 0. The Balaban J connectivity index is 2.05. The average molecular weight is 252 g/mol. The zero-order valence-corrected chi connectivity index (χ0v) is 10.3. The van der Waals surface area contributed by atoms with Crippen molar-refractivity contribution in [2.24, 2.45) is 5.73 Å². The number of rotatable bonds is 3. The molecule has 0 unspecified atom stereocenters. The van der Waals surface area contributed by atoms with Crippen LogP contribution in [-0.2, 0) is 0 Å². The lowest BCUT2D eigenvalue weighted by atomic mass is 9.93. The van der Waals surface area contributed by atoms with E-state index in [0.717, 1.165) is 31.2 Å². The maximum absolute atomic E-state index is 9.44. The monoisotopic (exact) mass is 252 g/mol. The maximum atomic E-state index is 9.44. The number of aliphatic hydroxyl groups excluding tert-OH is 1. The third-order valence-electron chi connectivity index (χ3n) is 3.02. The lowest BCUT2D eigenvalue weighted by molar-refractivity contribution is 0.126. The molecule has 4 N–H and O–H groups in total. The van der Waals surface area contributed by atoms with E-state index in [2.05, 4.69) is 15.5 Å². The van der Waals surface area contributed by atoms with Crippen LogP contribution in [-0.4, -0.2) is 32.4 Å². The van der Waals surface area contributed by atoms with Gasteiger partial charge in [0.1, 0.15) is 4.99 Å². The Morgan fingerprint density at radius 3 is 2.76 bits per heavy atom. The number of nitrogens with one attached hydrogen (secondary N) is 1. The van der Waals surface area contributed by atoms with Gasteiger partial charge in [-0.05, 0) is 31.7 Å². The largest absolute Gasteiger partial charge is 0.393 e. The summed E-state index contributed by atoms with van der Waals surface area (Å²) >= 11 is 4.97. The molecule has 0 spiro atoms. The highest BCUT2D eigenvalue weighted by Gasteiger charge is 2.20. The van der Waals surface area contributed by atoms with Crippen molar-refractivity contribution < 1.29 is 5.11 Å². The van der Waals surface area contributed by atoms with Gasteiger partial charge in [-0.2, -0.15) is 5.10 Å². The molecule has 1 aromatic rings. The molecule has 5 nitrogen and oxygen atoms in total. The number of aliphatic hydroxyl groups is 1. The molecule has 17 heavy (non-hydrogen) atoms. The first-order valence-electron chi connectivity index (χ1n) is 5.73. The predicted molar refractivity (Wildman–Crippen MR) is 69.8 cm³/mol. The van der Waals surface area contributed by atoms with Gasteiger partial charge in [0.15, 0.2) is 5.82 Å². The van der Waals surface area contributed by atoms with Crippen molar-refractivity contribution in [3.63, 3.8) is 0 Å². The summed E-state index contributed by atoms with van der Waals surface area (Å²) in [7, 11) is 0. The number of thiocarbonyl (C=S) groups is 1. The molecular weight excluding hydrogens is 236 g/mol. The molecule has 6 heteroatoms. The first-order chi connectivity index (χ1) is 8.16. The van der Waals surface area contributed by atoms with Crippen LogP contribution >= 0.6 is 12.2 Å². The Kier molecular flexibility index (Phi) is 3.86. The van der Waals surface area contributed by atoms with E-state index in [9.17, 15) is 5.11 Å². The van der Waals surface area contributed by atoms with E-state index in [4.69, 9.17) is 18.0 Å². The Morgan fingerprint density at radius 2 is 2.12 bits per heavy atom. The molecular formula is C11H16N4OS. The van der Waals surface area contributed by atoms with Crippen LogP contribution < -0.4 is 11.1 Å². The van der Waals surface area contributed by atoms with Gasteiger partial charge in [-0.15, -0.1) is 5.10 Å². The molecule has 0 aliphatic heterocycles. The standard InChI is InChI=1S/C11H16N4OS/c12-10(17)9-5-6-13-15-11(9)14-7-1-3-8(16)4-2-7/h5-8,16H,1-4H2,(H2,12,17)(H,14,15). The van der Waals surface area contributed by atoms with E-state index in [1.54, 1.807) is 12.3 Å². The minimum Gasteiger partial charge on any atom is -0.393 e. The first-order valence-corrected chi connectivity index (χ1v) is 6.13. The number of hydrogen-bond acceptors (Lipinski definition) is 5. The Morgan fingerprint density at radius 1 is 1.41 bits per heavy atom. The van der Waals surface area contributed by atoms with Gasteiger partial charge in [0, 0.05) is 6.04 Å². The molecule has 0 amide bonds. The summed E-state index contributed by atoms with van der Waals surface area (Å²) in [5.41, 5.74) is 6.35. The van der Waals surface area contributed by atoms with Gasteiger partial charge in [-0.1, -0.05) is 12.2 Å². The van der Waals surface area contributed by atoms with Crippen LogP contribution in [0.4, 0.5) is 5.82 Å². The highest BCUT2D eigenvalue weighted by atomic mass is 32.1. The fraction of sp³-hybridized carbons (Fsp3) is 0.545. The predicted octanol–water partition coefficient (Wildman–Crippen LogP) is 0.826. The molecule has 0 radical (unpaired) electrons. The third-order valence-corrected chi connectivity index (χ3v) is 3.24. The highest BCUT2D eigenvalue weighted by Crippen LogP contribution is 2.22. The van der Waals surface area contributed by atoms with Crippen LogP contribution in [0.3, 0.4) is 0 Å². The summed E-state index contributed by atoms with van der Waals surface area (Å²) in [5, 5.41) is 20.6. The van der Waals surface area contributed by atoms with Gasteiger partial charge in [0.25, 0.3) is 0 Å². The minimum absolute atomic E-state index is 0.162. The molecule has 1 aromatic heterocycles. The molecule has 92 valence electrons. The lowest BCUT2D eigenvalue weighted by Gasteiger charge is -2.26. The van der Waals surface area contributed by atoms with Crippen LogP contribution in [0.15, 0.2) is 12.3 Å². The molecule has 0 aromatic carbocycles. The number of aromatic nitrogens is 2. The molecule has 1 aliphatic carbocycles. The normalized spacial score (nSPS) is 24.3. The molecule has 1 saturated carbocycles. The quantitative estimate of drug-likeness (QED) is 0.691. The van der Waals surface area contributed by atoms with Gasteiger partial charge in [-0.3, -0.25) is 0 Å². The van der Waals surface area contributed by atoms with E-state index in [0.29, 0.717) is 16.8 Å². The molecule has 1 aliphatic rings. The fourth-order valence-corrected chi connectivity index (χ4v) is 2.22. The third kappa shape index (κ3) is 3.10. The lowest BCUT2D eigenvalue weighted by Crippen LogP contribution is -2.29. The molecule has 2 rings (SSSR count). The van der Waals surface area contributed by atoms with Gasteiger partial charge in [0.2, 0.25) is 0 Å². The molecule has 0 atom stereocenters. The van der Waals surface area contributed by atoms with Crippen molar-refractivity contribution in [3.8, 4) is 0 Å². The summed E-state index contributed by atoms with van der Waals surface area (Å²) in [5.74, 6) is 0.640. The second-order valence-corrected chi connectivity index (χ2v) is 4.75.